The first-order valence-electron chi connectivity index (χ1n) is 7.25. The Morgan fingerprint density at radius 2 is 1.58 bits per heavy atom. The molecular weight excluding hydrogens is 417 g/mol. The summed E-state index contributed by atoms with van der Waals surface area (Å²) in [7, 11) is 0. The lowest BCUT2D eigenvalue weighted by Crippen LogP contribution is -2.21. The zero-order valence-electron chi connectivity index (χ0n) is 12.6. The van der Waals surface area contributed by atoms with Gasteiger partial charge in [-0.15, -0.1) is 5.48 Å². The molecule has 120 valence electrons. The average molecular weight is 431 g/mol. The number of benzene rings is 2. The average Bonchev–Trinajstić information content (AvgIpc) is 2.67. The van der Waals surface area contributed by atoms with Crippen LogP contribution in [0.3, 0.4) is 0 Å². The summed E-state index contributed by atoms with van der Waals surface area (Å²) in [5.41, 5.74) is 6.35. The number of aromatic nitrogens is 2. The molecule has 0 saturated carbocycles. The molecule has 0 bridgehead atoms. The first kappa shape index (κ1) is 16.5. The smallest absolute Gasteiger partial charge is 0.360 e. The predicted octanol–water partition coefficient (Wildman–Crippen LogP) is 3.94. The Labute approximate surface area is 153 Å². The highest BCUT2D eigenvalue weighted by Crippen LogP contribution is 2.25. The quantitative estimate of drug-likeness (QED) is 0.287. The fraction of sp³-hybridized carbons (Fsp3) is 0.0556. The number of carbonyl (C=O) groups is 1. The van der Waals surface area contributed by atoms with Crippen LogP contribution in [0.5, 0.6) is 0 Å². The third-order valence-electron chi connectivity index (χ3n) is 3.36. The van der Waals surface area contributed by atoms with E-state index in [2.05, 4.69) is 50.2 Å². The number of hydroxylamine groups is 1. The van der Waals surface area contributed by atoms with Gasteiger partial charge in [-0.3, -0.25) is 0 Å². The van der Waals surface area contributed by atoms with Gasteiger partial charge in [0.25, 0.3) is 0 Å². The van der Waals surface area contributed by atoms with Crippen LogP contribution in [0.2, 0.25) is 0 Å². The van der Waals surface area contributed by atoms with Crippen molar-refractivity contribution in [1.82, 2.24) is 15.4 Å². The van der Waals surface area contributed by atoms with E-state index in [9.17, 15) is 4.79 Å². The number of hydrogen-bond acceptors (Lipinski definition) is 5. The summed E-state index contributed by atoms with van der Waals surface area (Å²) in [6, 6.07) is 18.3. The largest absolute Gasteiger partial charge is 0.365 e. The van der Waals surface area contributed by atoms with Crippen molar-refractivity contribution in [2.24, 2.45) is 0 Å². The van der Waals surface area contributed by atoms with Gasteiger partial charge in [0.05, 0.1) is 5.56 Å². The van der Waals surface area contributed by atoms with Crippen LogP contribution in [0.15, 0.2) is 73.3 Å². The van der Waals surface area contributed by atoms with E-state index in [-0.39, 0.29) is 4.05 Å². The van der Waals surface area contributed by atoms with Crippen LogP contribution in [0.1, 0.15) is 20.0 Å². The zero-order chi connectivity index (χ0) is 16.8. The van der Waals surface area contributed by atoms with Gasteiger partial charge in [-0.1, -0.05) is 77.2 Å². The van der Waals surface area contributed by atoms with Crippen molar-refractivity contribution in [3.63, 3.8) is 0 Å². The molecule has 0 saturated heterocycles. The molecule has 1 heterocycles. The number of hydrogen-bond donors (Lipinski definition) is 1. The third-order valence-corrected chi connectivity index (χ3v) is 4.34. The molecule has 1 aromatic heterocycles. The second-order valence-electron chi connectivity index (χ2n) is 4.99. The Hall–Kier alpha value is -2.32. The summed E-state index contributed by atoms with van der Waals surface area (Å²) >= 11 is 2.17. The fourth-order valence-corrected chi connectivity index (χ4v) is 2.65. The molecule has 0 amide bonds. The van der Waals surface area contributed by atoms with Crippen LogP contribution in [0.25, 0.3) is 11.1 Å². The molecule has 0 spiro atoms. The first-order chi connectivity index (χ1) is 11.7. The van der Waals surface area contributed by atoms with E-state index in [0.717, 1.165) is 16.7 Å². The van der Waals surface area contributed by atoms with Crippen LogP contribution < -0.4 is 5.48 Å². The van der Waals surface area contributed by atoms with Crippen LogP contribution in [0.4, 0.5) is 0 Å². The molecule has 0 radical (unpaired) electrons. The minimum absolute atomic E-state index is 0.166. The van der Waals surface area contributed by atoms with Crippen molar-refractivity contribution >= 4 is 28.6 Å². The SMILES string of the molecule is O=C(ONC(I)c1ccc(-c2ccccc2)cc1)c1cncnc1. The fourth-order valence-electron chi connectivity index (χ4n) is 2.11. The molecule has 24 heavy (non-hydrogen) atoms. The standard InChI is InChI=1S/C18H14IN3O2/c19-17(22-24-18(23)16-10-20-12-21-11-16)15-8-6-14(7-9-15)13-4-2-1-3-5-13/h1-12,17,22H. The molecule has 5 nitrogen and oxygen atoms in total. The van der Waals surface area contributed by atoms with E-state index in [1.165, 1.54) is 18.7 Å². The maximum Gasteiger partial charge on any atom is 0.360 e. The van der Waals surface area contributed by atoms with Crippen molar-refractivity contribution in [3.8, 4) is 11.1 Å². The van der Waals surface area contributed by atoms with E-state index in [0.29, 0.717) is 5.56 Å². The van der Waals surface area contributed by atoms with Gasteiger partial charge in [-0.2, -0.15) is 0 Å². The predicted molar refractivity (Wildman–Crippen MR) is 99.2 cm³/mol. The zero-order valence-corrected chi connectivity index (χ0v) is 14.8. The Morgan fingerprint density at radius 1 is 0.958 bits per heavy atom. The molecule has 3 rings (SSSR count). The van der Waals surface area contributed by atoms with Crippen molar-refractivity contribution in [2.45, 2.75) is 4.05 Å². The number of halogens is 1. The van der Waals surface area contributed by atoms with Gasteiger partial charge in [-0.05, 0) is 16.7 Å². The van der Waals surface area contributed by atoms with Gasteiger partial charge in [0.15, 0.2) is 0 Å². The summed E-state index contributed by atoms with van der Waals surface area (Å²) in [6.45, 7) is 0. The number of nitrogens with one attached hydrogen (secondary N) is 1. The summed E-state index contributed by atoms with van der Waals surface area (Å²) < 4.78 is -0.166. The number of rotatable bonds is 5. The van der Waals surface area contributed by atoms with E-state index < -0.39 is 5.97 Å². The van der Waals surface area contributed by atoms with E-state index in [1.54, 1.807) is 0 Å². The van der Waals surface area contributed by atoms with Crippen LogP contribution >= 0.6 is 22.6 Å². The minimum Gasteiger partial charge on any atom is -0.365 e. The minimum atomic E-state index is -0.516. The second kappa shape index (κ2) is 7.98. The Kier molecular flexibility index (Phi) is 5.50. The van der Waals surface area contributed by atoms with Gasteiger partial charge in [0.1, 0.15) is 10.4 Å². The number of carbonyl (C=O) groups excluding carboxylic acids is 1. The maximum atomic E-state index is 11.9. The summed E-state index contributed by atoms with van der Waals surface area (Å²) in [5.74, 6) is -0.516. The lowest BCUT2D eigenvalue weighted by molar-refractivity contribution is 0.0240. The van der Waals surface area contributed by atoms with Crippen molar-refractivity contribution < 1.29 is 9.63 Å². The molecule has 0 aliphatic heterocycles. The molecular formula is C18H14IN3O2. The van der Waals surface area contributed by atoms with Crippen LogP contribution in [-0.4, -0.2) is 15.9 Å². The molecule has 0 aliphatic rings. The van der Waals surface area contributed by atoms with E-state index in [4.69, 9.17) is 4.84 Å². The molecule has 1 atom stereocenters. The lowest BCUT2D eigenvalue weighted by atomic mass is 10.0. The van der Waals surface area contributed by atoms with Gasteiger partial charge in [0.2, 0.25) is 0 Å². The molecule has 0 fully saturated rings. The highest BCUT2D eigenvalue weighted by Gasteiger charge is 2.12. The number of nitrogens with zero attached hydrogens (tertiary/aromatic N) is 2. The van der Waals surface area contributed by atoms with Gasteiger partial charge < -0.3 is 4.84 Å². The Balaban J connectivity index is 1.61. The first-order valence-corrected chi connectivity index (χ1v) is 8.50. The van der Waals surface area contributed by atoms with Crippen LogP contribution in [-0.2, 0) is 4.84 Å². The third kappa shape index (κ3) is 4.15. The molecule has 2 aromatic carbocycles. The van der Waals surface area contributed by atoms with Crippen molar-refractivity contribution in [2.75, 3.05) is 0 Å². The molecule has 3 aromatic rings. The monoisotopic (exact) mass is 431 g/mol. The van der Waals surface area contributed by atoms with Crippen molar-refractivity contribution in [1.29, 1.82) is 0 Å². The normalized spacial score (nSPS) is 11.7. The van der Waals surface area contributed by atoms with E-state index >= 15 is 0 Å². The molecule has 0 aliphatic carbocycles. The van der Waals surface area contributed by atoms with Gasteiger partial charge in [0, 0.05) is 12.4 Å². The molecule has 1 N–H and O–H groups in total. The highest BCUT2D eigenvalue weighted by atomic mass is 127. The Morgan fingerprint density at radius 3 is 2.25 bits per heavy atom. The van der Waals surface area contributed by atoms with Gasteiger partial charge >= 0.3 is 5.97 Å². The highest BCUT2D eigenvalue weighted by molar-refractivity contribution is 14.1. The van der Waals surface area contributed by atoms with E-state index in [1.807, 2.05) is 42.5 Å². The maximum absolute atomic E-state index is 11.9. The summed E-state index contributed by atoms with van der Waals surface area (Å²) in [6.07, 6.45) is 4.18. The van der Waals surface area contributed by atoms with Crippen LogP contribution in [0, 0.1) is 0 Å². The topological polar surface area (TPSA) is 64.1 Å². The number of alkyl halides is 1. The Bertz CT molecular complexity index is 796. The molecule has 6 heteroatoms. The summed E-state index contributed by atoms with van der Waals surface area (Å²) in [5, 5.41) is 0. The van der Waals surface area contributed by atoms with Gasteiger partial charge in [-0.25, -0.2) is 14.8 Å². The summed E-state index contributed by atoms with van der Waals surface area (Å²) in [4.78, 5) is 24.5. The second-order valence-corrected chi connectivity index (χ2v) is 6.23. The lowest BCUT2D eigenvalue weighted by Gasteiger charge is -2.13. The molecule has 1 unspecified atom stereocenters. The van der Waals surface area contributed by atoms with Crippen molar-refractivity contribution in [3.05, 3.63) is 84.4 Å².